The van der Waals surface area contributed by atoms with Crippen LogP contribution in [-0.2, 0) is 30.5 Å². The van der Waals surface area contributed by atoms with E-state index in [1.807, 2.05) is 48.5 Å². The van der Waals surface area contributed by atoms with E-state index < -0.39 is 12.0 Å². The van der Waals surface area contributed by atoms with Crippen molar-refractivity contribution in [2.45, 2.75) is 70.0 Å². The van der Waals surface area contributed by atoms with Crippen LogP contribution < -0.4 is 23.7 Å². The summed E-state index contributed by atoms with van der Waals surface area (Å²) in [6.07, 6.45) is 4.96. The fourth-order valence-corrected chi connectivity index (χ4v) is 8.73. The molecule has 0 aliphatic carbocycles. The van der Waals surface area contributed by atoms with Crippen LogP contribution in [0.15, 0.2) is 60.7 Å². The molecule has 53 heavy (non-hydrogen) atoms. The fourth-order valence-electron chi connectivity index (χ4n) is 8.73. The summed E-state index contributed by atoms with van der Waals surface area (Å²) in [5.41, 5.74) is 6.13. The van der Waals surface area contributed by atoms with Gasteiger partial charge in [-0.15, -0.1) is 0 Å². The first-order valence-corrected chi connectivity index (χ1v) is 18.6. The molecule has 4 heterocycles. The van der Waals surface area contributed by atoms with Crippen LogP contribution in [0.3, 0.4) is 0 Å². The number of nitrogens with zero attached hydrogens (tertiary/aromatic N) is 2. The molecule has 0 fully saturated rings. The molecule has 10 nitrogen and oxygen atoms in total. The van der Waals surface area contributed by atoms with Gasteiger partial charge in [-0.3, -0.25) is 4.90 Å². The number of rotatable bonds is 8. The lowest BCUT2D eigenvalue weighted by molar-refractivity contribution is -0.956. The number of methoxy groups -OCH3 is 3. The Morgan fingerprint density at radius 2 is 1.58 bits per heavy atom. The lowest BCUT2D eigenvalue weighted by atomic mass is 9.84. The van der Waals surface area contributed by atoms with Gasteiger partial charge in [-0.25, -0.2) is 4.79 Å². The van der Waals surface area contributed by atoms with E-state index >= 15 is 0 Å². The van der Waals surface area contributed by atoms with Crippen molar-refractivity contribution < 1.29 is 43.2 Å². The van der Waals surface area contributed by atoms with Gasteiger partial charge in [-0.2, -0.15) is 0 Å². The Morgan fingerprint density at radius 3 is 2.28 bits per heavy atom. The summed E-state index contributed by atoms with van der Waals surface area (Å²) >= 11 is 0. The molecule has 0 aromatic heterocycles. The molecule has 4 unspecified atom stereocenters. The molecule has 0 spiro atoms. The quantitative estimate of drug-likeness (QED) is 0.175. The minimum Gasteiger partial charge on any atom is -0.502 e. The van der Waals surface area contributed by atoms with Crippen molar-refractivity contribution in [1.82, 2.24) is 4.90 Å². The summed E-state index contributed by atoms with van der Waals surface area (Å²) in [5, 5.41) is 22.6. The molecule has 4 aromatic rings. The van der Waals surface area contributed by atoms with Crippen molar-refractivity contribution in [3.05, 3.63) is 94.0 Å². The maximum Gasteiger partial charge on any atom is 0.362 e. The van der Waals surface area contributed by atoms with Crippen LogP contribution in [0.1, 0.15) is 71.7 Å². The number of carbonyl (C=O) groups is 1. The number of likely N-dealkylation sites (N-methyl/N-ethyl adjacent to an activating group) is 2. The van der Waals surface area contributed by atoms with E-state index in [-0.39, 0.29) is 17.8 Å². The van der Waals surface area contributed by atoms with Gasteiger partial charge >= 0.3 is 5.97 Å². The third kappa shape index (κ3) is 6.74. The molecule has 0 saturated heterocycles. The van der Waals surface area contributed by atoms with Gasteiger partial charge in [0.05, 0.1) is 34.9 Å². The first-order valence-electron chi connectivity index (χ1n) is 18.6. The number of hydrogen-bond acceptors (Lipinski definition) is 8. The van der Waals surface area contributed by atoms with Crippen LogP contribution in [0.4, 0.5) is 0 Å². The number of aromatic hydroxyl groups is 1. The van der Waals surface area contributed by atoms with Crippen molar-refractivity contribution in [3.8, 4) is 46.0 Å². The Bertz CT molecular complexity index is 2000. The van der Waals surface area contributed by atoms with E-state index in [0.717, 1.165) is 59.2 Å². The number of phenolic OH excluding ortho intramolecular Hbond substituents is 1. The molecule has 6 bridgehead atoms. The minimum absolute atomic E-state index is 0.0818. The Morgan fingerprint density at radius 1 is 0.887 bits per heavy atom. The van der Waals surface area contributed by atoms with Crippen LogP contribution in [-0.4, -0.2) is 80.1 Å². The predicted molar refractivity (Wildman–Crippen MR) is 202 cm³/mol. The maximum atomic E-state index is 13.1. The number of hydrogen-bond donors (Lipinski definition) is 2. The van der Waals surface area contributed by atoms with E-state index in [9.17, 15) is 15.0 Å². The highest BCUT2D eigenvalue weighted by molar-refractivity contribution is 5.72. The Balaban J connectivity index is 1.47. The lowest BCUT2D eigenvalue weighted by Crippen LogP contribution is -2.60. The van der Waals surface area contributed by atoms with Crippen LogP contribution in [0, 0.1) is 0 Å². The van der Waals surface area contributed by atoms with E-state index in [2.05, 4.69) is 38.1 Å². The molecule has 4 atom stereocenters. The molecule has 280 valence electrons. The Hall–Kier alpha value is -4.93. The van der Waals surface area contributed by atoms with E-state index in [1.165, 1.54) is 0 Å². The average molecular weight is 724 g/mol. The second-order valence-corrected chi connectivity index (χ2v) is 14.9. The second-order valence-electron chi connectivity index (χ2n) is 14.9. The molecule has 0 radical (unpaired) electrons. The van der Waals surface area contributed by atoms with Gasteiger partial charge in [0.1, 0.15) is 11.8 Å². The van der Waals surface area contributed by atoms with Crippen molar-refractivity contribution >= 4 is 5.97 Å². The number of phenols is 1. The second kappa shape index (κ2) is 14.8. The predicted octanol–water partition coefficient (Wildman–Crippen LogP) is 8.02. The molecule has 8 rings (SSSR count). The van der Waals surface area contributed by atoms with Crippen molar-refractivity contribution in [3.63, 3.8) is 0 Å². The Labute approximate surface area is 312 Å². The van der Waals surface area contributed by atoms with Gasteiger partial charge in [0.25, 0.3) is 0 Å². The largest absolute Gasteiger partial charge is 0.502 e. The standard InChI is InChI=1S/C43H50N2O8/c1-7-8-9-33(43(47)48)45(3)19-17-28-23-36(50-5)38-25-31(28)34(45)21-26-10-13-30(14-11-26)52-37-22-27(12-15-35(37)49-4)20-32-40-29(16-18-44(32)2)24-39(51-6)41(46)42(40)53-38/h10-15,22-25,32-34H,7-9,16-21H2,1-6H3,(H-,46,47,48)/p+1. The summed E-state index contributed by atoms with van der Waals surface area (Å²) in [4.78, 5) is 15.4. The van der Waals surface area contributed by atoms with Crippen molar-refractivity contribution in [2.24, 2.45) is 0 Å². The number of benzene rings is 4. The highest BCUT2D eigenvalue weighted by Gasteiger charge is 2.48. The smallest absolute Gasteiger partial charge is 0.362 e. The molecule has 2 N–H and O–H groups in total. The molecule has 10 heteroatoms. The van der Waals surface area contributed by atoms with Crippen LogP contribution in [0.25, 0.3) is 0 Å². The SMILES string of the molecule is CCCCC(C(=O)O)[N+]1(C)CCc2cc(OC)c3cc2C1Cc1ccc(cc1)Oc1cc(ccc1OC)CC1c2c(cc(OC)c(O)c2O3)CCN1C. The molecular formula is C43H51N2O8+. The zero-order valence-corrected chi connectivity index (χ0v) is 31.6. The molecule has 4 aromatic carbocycles. The maximum absolute atomic E-state index is 13.1. The summed E-state index contributed by atoms with van der Waals surface area (Å²) in [6, 6.07) is 19.1. The van der Waals surface area contributed by atoms with Crippen molar-refractivity contribution in [1.29, 1.82) is 0 Å². The van der Waals surface area contributed by atoms with Crippen molar-refractivity contribution in [2.75, 3.05) is 48.5 Å². The summed E-state index contributed by atoms with van der Waals surface area (Å²) in [7, 11) is 9.00. The van der Waals surface area contributed by atoms with E-state index in [4.69, 9.17) is 23.7 Å². The number of unbranched alkanes of at least 4 members (excludes halogenated alkanes) is 1. The van der Waals surface area contributed by atoms with Gasteiger partial charge in [-0.05, 0) is 91.0 Å². The zero-order valence-electron chi connectivity index (χ0n) is 31.6. The van der Waals surface area contributed by atoms with Gasteiger partial charge in [-0.1, -0.05) is 31.5 Å². The molecule has 0 saturated carbocycles. The summed E-state index contributed by atoms with van der Waals surface area (Å²) in [6.45, 7) is 3.57. The average Bonchev–Trinajstić information content (AvgIpc) is 3.15. The summed E-state index contributed by atoms with van der Waals surface area (Å²) in [5.74, 6) is 2.71. The third-order valence-corrected chi connectivity index (χ3v) is 11.8. The molecule has 4 aliphatic heterocycles. The van der Waals surface area contributed by atoms with Gasteiger partial charge in [0.15, 0.2) is 40.5 Å². The Kier molecular flexibility index (Phi) is 10.2. The monoisotopic (exact) mass is 723 g/mol. The number of carboxylic acid groups (broad SMARTS) is 1. The van der Waals surface area contributed by atoms with Crippen LogP contribution >= 0.6 is 0 Å². The van der Waals surface area contributed by atoms with Crippen LogP contribution in [0.5, 0.6) is 46.0 Å². The number of fused-ring (bicyclic) bond motifs is 2. The normalized spacial score (nSPS) is 21.2. The topological polar surface area (TPSA) is 107 Å². The zero-order chi connectivity index (χ0) is 37.4. The first-order chi connectivity index (χ1) is 25.6. The molecule has 0 amide bonds. The van der Waals surface area contributed by atoms with E-state index in [1.54, 1.807) is 21.3 Å². The highest BCUT2D eigenvalue weighted by atomic mass is 16.5. The molecule has 4 aliphatic rings. The highest BCUT2D eigenvalue weighted by Crippen LogP contribution is 2.52. The number of ether oxygens (including phenoxy) is 5. The van der Waals surface area contributed by atoms with Gasteiger partial charge in [0, 0.05) is 43.0 Å². The first kappa shape index (κ1) is 36.4. The van der Waals surface area contributed by atoms with Gasteiger partial charge < -0.3 is 38.4 Å². The number of quaternary nitrogens is 1. The van der Waals surface area contributed by atoms with Gasteiger partial charge in [0.2, 0.25) is 5.75 Å². The summed E-state index contributed by atoms with van der Waals surface area (Å²) < 4.78 is 31.1. The lowest BCUT2D eigenvalue weighted by Gasteiger charge is -2.49. The molecular weight excluding hydrogens is 672 g/mol. The minimum atomic E-state index is -0.781. The number of aliphatic carboxylic acids is 1. The van der Waals surface area contributed by atoms with E-state index in [0.29, 0.717) is 77.0 Å². The third-order valence-electron chi connectivity index (χ3n) is 11.8. The fraction of sp³-hybridized carbons (Fsp3) is 0.419. The number of carboxylic acids is 1. The van der Waals surface area contributed by atoms with Crippen LogP contribution in [0.2, 0.25) is 0 Å².